The molecule has 1 saturated carbocycles. The minimum atomic E-state index is 0.329. The van der Waals surface area contributed by atoms with Gasteiger partial charge in [0.25, 0.3) is 0 Å². The van der Waals surface area contributed by atoms with Crippen LogP contribution in [0.4, 0.5) is 0 Å². The topological polar surface area (TPSA) is 34.9 Å². The molecule has 3 heteroatoms. The van der Waals surface area contributed by atoms with Gasteiger partial charge < -0.3 is 0 Å². The smallest absolute Gasteiger partial charge is 0.133 e. The summed E-state index contributed by atoms with van der Waals surface area (Å²) in [5.74, 6) is 0.329. The molecule has 16 heavy (non-hydrogen) atoms. The summed E-state index contributed by atoms with van der Waals surface area (Å²) >= 11 is 0. The van der Waals surface area contributed by atoms with E-state index >= 15 is 0 Å². The van der Waals surface area contributed by atoms with Crippen molar-refractivity contribution in [2.75, 3.05) is 0 Å². The molecule has 0 saturated heterocycles. The fourth-order valence-electron chi connectivity index (χ4n) is 2.33. The van der Waals surface area contributed by atoms with Crippen LogP contribution in [0.2, 0.25) is 0 Å². The van der Waals surface area contributed by atoms with Gasteiger partial charge in [0.15, 0.2) is 0 Å². The van der Waals surface area contributed by atoms with Gasteiger partial charge in [-0.15, -0.1) is 0 Å². The van der Waals surface area contributed by atoms with Crippen LogP contribution in [0.25, 0.3) is 0 Å². The van der Waals surface area contributed by atoms with Gasteiger partial charge in [-0.05, 0) is 25.3 Å². The third-order valence-electron chi connectivity index (χ3n) is 3.42. The Kier molecular flexibility index (Phi) is 3.75. The largest absolute Gasteiger partial charge is 0.300 e. The normalized spacial score (nSPS) is 16.8. The third kappa shape index (κ3) is 2.71. The van der Waals surface area contributed by atoms with Crippen molar-refractivity contribution in [3.63, 3.8) is 0 Å². The first-order chi connectivity index (χ1) is 7.79. The molecule has 1 heterocycles. The molecule has 1 aromatic rings. The molecule has 0 atom stereocenters. The number of hydrogen-bond acceptors (Lipinski definition) is 2. The molecule has 3 nitrogen and oxygen atoms in total. The van der Waals surface area contributed by atoms with Gasteiger partial charge in [0.1, 0.15) is 5.78 Å². The van der Waals surface area contributed by atoms with Crippen LogP contribution in [0.3, 0.4) is 0 Å². The first-order valence-corrected chi connectivity index (χ1v) is 6.35. The van der Waals surface area contributed by atoms with Crippen molar-refractivity contribution < 1.29 is 4.79 Å². The average molecular weight is 220 g/mol. The number of ketones is 1. The van der Waals surface area contributed by atoms with Gasteiger partial charge in [-0.1, -0.05) is 19.8 Å². The first kappa shape index (κ1) is 11.4. The molecule has 0 N–H and O–H groups in total. The number of nitrogens with zero attached hydrogens (tertiary/aromatic N) is 2. The van der Waals surface area contributed by atoms with Gasteiger partial charge in [-0.3, -0.25) is 9.48 Å². The molecule has 0 aliphatic heterocycles. The lowest BCUT2D eigenvalue weighted by Crippen LogP contribution is -2.06. The summed E-state index contributed by atoms with van der Waals surface area (Å²) in [6.07, 6.45) is 9.32. The van der Waals surface area contributed by atoms with E-state index in [-0.39, 0.29) is 0 Å². The summed E-state index contributed by atoms with van der Waals surface area (Å²) in [6.45, 7) is 1.92. The molecule has 0 amide bonds. The zero-order valence-corrected chi connectivity index (χ0v) is 9.98. The van der Waals surface area contributed by atoms with Crippen molar-refractivity contribution in [2.45, 2.75) is 57.9 Å². The maximum absolute atomic E-state index is 11.2. The quantitative estimate of drug-likeness (QED) is 0.764. The maximum Gasteiger partial charge on any atom is 0.133 e. The monoisotopic (exact) mass is 220 g/mol. The molecule has 0 spiro atoms. The summed E-state index contributed by atoms with van der Waals surface area (Å²) in [5, 5.41) is 4.56. The highest BCUT2D eigenvalue weighted by Crippen LogP contribution is 2.28. The number of carbonyl (C=O) groups is 1. The Hall–Kier alpha value is -1.12. The Bertz CT molecular complexity index is 351. The number of aryl methyl sites for hydroxylation is 1. The van der Waals surface area contributed by atoms with Crippen LogP contribution in [0.5, 0.6) is 0 Å². The predicted molar refractivity (Wildman–Crippen MR) is 63.4 cm³/mol. The number of Topliss-reactive ketones (excluding diaryl/α,β-unsaturated/α-hetero) is 1. The highest BCUT2D eigenvalue weighted by atomic mass is 16.1. The lowest BCUT2D eigenvalue weighted by Gasteiger charge is -2.08. The number of rotatable bonds is 5. The molecule has 0 unspecified atom stereocenters. The van der Waals surface area contributed by atoms with Gasteiger partial charge in [0, 0.05) is 19.0 Å². The minimum absolute atomic E-state index is 0.329. The molecule has 1 aliphatic rings. The maximum atomic E-state index is 11.2. The Morgan fingerprint density at radius 2 is 2.25 bits per heavy atom. The SMILES string of the molecule is CCC(=O)CCc1ccn(C2CCCC2)n1. The molecule has 0 radical (unpaired) electrons. The van der Waals surface area contributed by atoms with Gasteiger partial charge >= 0.3 is 0 Å². The Labute approximate surface area is 96.8 Å². The van der Waals surface area contributed by atoms with Gasteiger partial charge in [0.2, 0.25) is 0 Å². The number of carbonyl (C=O) groups excluding carboxylic acids is 1. The Balaban J connectivity index is 1.89. The van der Waals surface area contributed by atoms with E-state index in [0.29, 0.717) is 24.7 Å². The number of aromatic nitrogens is 2. The lowest BCUT2D eigenvalue weighted by molar-refractivity contribution is -0.118. The highest BCUT2D eigenvalue weighted by molar-refractivity contribution is 5.78. The van der Waals surface area contributed by atoms with E-state index in [9.17, 15) is 4.79 Å². The van der Waals surface area contributed by atoms with E-state index in [1.54, 1.807) is 0 Å². The Morgan fingerprint density at radius 3 is 2.94 bits per heavy atom. The third-order valence-corrected chi connectivity index (χ3v) is 3.42. The van der Waals surface area contributed by atoms with E-state index < -0.39 is 0 Å². The summed E-state index contributed by atoms with van der Waals surface area (Å²) in [7, 11) is 0. The zero-order valence-electron chi connectivity index (χ0n) is 9.98. The second kappa shape index (κ2) is 5.28. The standard InChI is InChI=1S/C13H20N2O/c1-2-13(16)8-7-11-9-10-15(14-11)12-5-3-4-6-12/h9-10,12H,2-8H2,1H3. The van der Waals surface area contributed by atoms with Crippen molar-refractivity contribution in [2.24, 2.45) is 0 Å². The second-order valence-corrected chi connectivity index (χ2v) is 4.62. The van der Waals surface area contributed by atoms with Crippen LogP contribution >= 0.6 is 0 Å². The summed E-state index contributed by atoms with van der Waals surface area (Å²) in [5.41, 5.74) is 1.06. The highest BCUT2D eigenvalue weighted by Gasteiger charge is 2.17. The van der Waals surface area contributed by atoms with E-state index in [4.69, 9.17) is 0 Å². The fraction of sp³-hybridized carbons (Fsp3) is 0.692. The van der Waals surface area contributed by atoms with Crippen molar-refractivity contribution in [1.29, 1.82) is 0 Å². The number of hydrogen-bond donors (Lipinski definition) is 0. The average Bonchev–Trinajstić information content (AvgIpc) is 2.95. The second-order valence-electron chi connectivity index (χ2n) is 4.62. The summed E-state index contributed by atoms with van der Waals surface area (Å²) < 4.78 is 2.10. The van der Waals surface area contributed by atoms with Crippen molar-refractivity contribution in [3.8, 4) is 0 Å². The van der Waals surface area contributed by atoms with Gasteiger partial charge in [-0.25, -0.2) is 0 Å². The van der Waals surface area contributed by atoms with E-state index in [1.165, 1.54) is 25.7 Å². The van der Waals surface area contributed by atoms with E-state index in [1.807, 2.05) is 6.92 Å². The molecule has 88 valence electrons. The van der Waals surface area contributed by atoms with Crippen LogP contribution in [0.15, 0.2) is 12.3 Å². The van der Waals surface area contributed by atoms with E-state index in [0.717, 1.165) is 12.1 Å². The lowest BCUT2D eigenvalue weighted by atomic mass is 10.1. The van der Waals surface area contributed by atoms with Crippen LogP contribution in [-0.2, 0) is 11.2 Å². The molecule has 2 rings (SSSR count). The summed E-state index contributed by atoms with van der Waals surface area (Å²) in [6, 6.07) is 2.66. The van der Waals surface area contributed by atoms with Crippen LogP contribution < -0.4 is 0 Å². The predicted octanol–water partition coefficient (Wildman–Crippen LogP) is 2.91. The minimum Gasteiger partial charge on any atom is -0.300 e. The van der Waals surface area contributed by atoms with Crippen LogP contribution in [-0.4, -0.2) is 15.6 Å². The molecule has 0 aromatic carbocycles. The zero-order chi connectivity index (χ0) is 11.4. The molecular weight excluding hydrogens is 200 g/mol. The molecule has 1 fully saturated rings. The Morgan fingerprint density at radius 1 is 1.50 bits per heavy atom. The van der Waals surface area contributed by atoms with Gasteiger partial charge in [0.05, 0.1) is 11.7 Å². The van der Waals surface area contributed by atoms with Crippen molar-refractivity contribution in [1.82, 2.24) is 9.78 Å². The van der Waals surface area contributed by atoms with Crippen LogP contribution in [0, 0.1) is 0 Å². The molecule has 1 aliphatic carbocycles. The van der Waals surface area contributed by atoms with Crippen molar-refractivity contribution >= 4 is 5.78 Å². The first-order valence-electron chi connectivity index (χ1n) is 6.35. The summed E-state index contributed by atoms with van der Waals surface area (Å²) in [4.78, 5) is 11.2. The van der Waals surface area contributed by atoms with E-state index in [2.05, 4.69) is 22.0 Å². The van der Waals surface area contributed by atoms with Crippen LogP contribution in [0.1, 0.15) is 57.2 Å². The van der Waals surface area contributed by atoms with Crippen molar-refractivity contribution in [3.05, 3.63) is 18.0 Å². The fourth-order valence-corrected chi connectivity index (χ4v) is 2.33. The molecule has 0 bridgehead atoms. The molecular formula is C13H20N2O. The molecule has 1 aromatic heterocycles. The van der Waals surface area contributed by atoms with Gasteiger partial charge in [-0.2, -0.15) is 5.10 Å².